The van der Waals surface area contributed by atoms with Crippen molar-refractivity contribution in [2.75, 3.05) is 11.1 Å². The molecule has 0 saturated carbocycles. The average molecular weight is 344 g/mol. The van der Waals surface area contributed by atoms with Crippen LogP contribution in [0.4, 0.5) is 15.8 Å². The summed E-state index contributed by atoms with van der Waals surface area (Å²) in [6.07, 6.45) is 0. The van der Waals surface area contributed by atoms with Crippen LogP contribution in [0.2, 0.25) is 5.02 Å². The van der Waals surface area contributed by atoms with Crippen LogP contribution in [0.15, 0.2) is 40.9 Å². The summed E-state index contributed by atoms with van der Waals surface area (Å²) in [6, 6.07) is 8.59. The molecule has 2 aromatic carbocycles. The van der Waals surface area contributed by atoms with Crippen LogP contribution in [0.25, 0.3) is 0 Å². The number of benzene rings is 2. The first-order valence-corrected chi connectivity index (χ1v) is 6.46. The molecule has 6 heteroatoms. The van der Waals surface area contributed by atoms with Crippen molar-refractivity contribution in [3.05, 3.63) is 57.3 Å². The number of nitrogen functional groups attached to an aromatic ring is 1. The van der Waals surface area contributed by atoms with Gasteiger partial charge in [0.2, 0.25) is 0 Å². The van der Waals surface area contributed by atoms with Crippen LogP contribution in [-0.4, -0.2) is 5.91 Å². The normalized spacial score (nSPS) is 10.3. The maximum atomic E-state index is 12.9. The van der Waals surface area contributed by atoms with Crippen molar-refractivity contribution < 1.29 is 9.18 Å². The van der Waals surface area contributed by atoms with Crippen molar-refractivity contribution in [3.63, 3.8) is 0 Å². The van der Waals surface area contributed by atoms with Crippen LogP contribution in [0.1, 0.15) is 10.4 Å². The fourth-order valence-electron chi connectivity index (χ4n) is 1.51. The van der Waals surface area contributed by atoms with Crippen LogP contribution in [0.5, 0.6) is 0 Å². The van der Waals surface area contributed by atoms with Crippen LogP contribution in [0, 0.1) is 5.82 Å². The van der Waals surface area contributed by atoms with E-state index in [2.05, 4.69) is 21.2 Å². The summed E-state index contributed by atoms with van der Waals surface area (Å²) >= 11 is 9.06. The molecular weight excluding hydrogens is 335 g/mol. The Morgan fingerprint density at radius 2 is 2.00 bits per heavy atom. The van der Waals surface area contributed by atoms with E-state index in [0.717, 1.165) is 6.07 Å². The topological polar surface area (TPSA) is 55.1 Å². The van der Waals surface area contributed by atoms with E-state index in [1.54, 1.807) is 18.2 Å². The molecule has 0 unspecified atom stereocenters. The molecule has 2 aromatic rings. The molecule has 0 aliphatic rings. The van der Waals surface area contributed by atoms with Crippen molar-refractivity contribution in [2.24, 2.45) is 0 Å². The zero-order chi connectivity index (χ0) is 14.0. The lowest BCUT2D eigenvalue weighted by Gasteiger charge is -2.09. The largest absolute Gasteiger partial charge is 0.397 e. The molecule has 1 amide bonds. The van der Waals surface area contributed by atoms with E-state index in [1.807, 2.05) is 0 Å². The number of nitrogens with one attached hydrogen (secondary N) is 1. The van der Waals surface area contributed by atoms with Gasteiger partial charge in [0.1, 0.15) is 5.82 Å². The van der Waals surface area contributed by atoms with Crippen LogP contribution < -0.4 is 11.1 Å². The highest BCUT2D eigenvalue weighted by atomic mass is 79.9. The molecule has 0 fully saturated rings. The van der Waals surface area contributed by atoms with E-state index in [4.69, 9.17) is 17.3 Å². The summed E-state index contributed by atoms with van der Waals surface area (Å²) in [7, 11) is 0. The predicted octanol–water partition coefficient (Wildman–Crippen LogP) is 4.08. The van der Waals surface area contributed by atoms with E-state index in [0.29, 0.717) is 20.7 Å². The zero-order valence-corrected chi connectivity index (χ0v) is 11.9. The quantitative estimate of drug-likeness (QED) is 0.807. The number of amides is 1. The number of nitrogens with two attached hydrogens (primary N) is 1. The number of halogens is 3. The van der Waals surface area contributed by atoms with Gasteiger partial charge >= 0.3 is 0 Å². The van der Waals surface area contributed by atoms with Gasteiger partial charge in [0.05, 0.1) is 16.9 Å². The molecule has 3 N–H and O–H groups in total. The highest BCUT2D eigenvalue weighted by Crippen LogP contribution is 2.24. The predicted molar refractivity (Wildman–Crippen MR) is 77.9 cm³/mol. The van der Waals surface area contributed by atoms with Gasteiger partial charge < -0.3 is 11.1 Å². The first kappa shape index (κ1) is 13.8. The number of anilines is 2. The fraction of sp³-hybridized carbons (Fsp3) is 0. The van der Waals surface area contributed by atoms with Crippen molar-refractivity contribution in [1.82, 2.24) is 0 Å². The Morgan fingerprint density at radius 1 is 1.26 bits per heavy atom. The molecule has 0 bridgehead atoms. The molecule has 2 rings (SSSR count). The third-order valence-corrected chi connectivity index (χ3v) is 3.33. The van der Waals surface area contributed by atoms with Gasteiger partial charge in [-0.15, -0.1) is 0 Å². The minimum atomic E-state index is -0.455. The molecule has 19 heavy (non-hydrogen) atoms. The second kappa shape index (κ2) is 5.59. The van der Waals surface area contributed by atoms with E-state index >= 15 is 0 Å². The average Bonchev–Trinajstić information content (AvgIpc) is 2.32. The van der Waals surface area contributed by atoms with E-state index in [-0.39, 0.29) is 11.6 Å². The van der Waals surface area contributed by atoms with Gasteiger partial charge in [0, 0.05) is 9.50 Å². The highest BCUT2D eigenvalue weighted by molar-refractivity contribution is 9.10. The molecule has 0 heterocycles. The maximum absolute atomic E-state index is 12.9. The van der Waals surface area contributed by atoms with Gasteiger partial charge in [-0.3, -0.25) is 4.79 Å². The van der Waals surface area contributed by atoms with Gasteiger partial charge in [-0.1, -0.05) is 11.6 Å². The monoisotopic (exact) mass is 342 g/mol. The first-order valence-electron chi connectivity index (χ1n) is 5.29. The fourth-order valence-corrected chi connectivity index (χ4v) is 2.37. The lowest BCUT2D eigenvalue weighted by atomic mass is 10.2. The SMILES string of the molecule is Nc1cc(F)ccc1NC(=O)c1ccc(Cl)cc1Br. The van der Waals surface area contributed by atoms with Crippen molar-refractivity contribution in [3.8, 4) is 0 Å². The molecular formula is C13H9BrClFN2O. The molecule has 0 saturated heterocycles. The first-order chi connectivity index (χ1) is 8.97. The Hall–Kier alpha value is -1.59. The Balaban J connectivity index is 2.25. The number of rotatable bonds is 2. The number of hydrogen-bond donors (Lipinski definition) is 2. The smallest absolute Gasteiger partial charge is 0.256 e. The molecule has 0 aliphatic carbocycles. The van der Waals surface area contributed by atoms with E-state index in [1.165, 1.54) is 12.1 Å². The molecule has 0 aromatic heterocycles. The van der Waals surface area contributed by atoms with Crippen molar-refractivity contribution >= 4 is 44.8 Å². The Labute approximate surface area is 122 Å². The van der Waals surface area contributed by atoms with Gasteiger partial charge in [0.15, 0.2) is 0 Å². The molecule has 98 valence electrons. The van der Waals surface area contributed by atoms with Gasteiger partial charge in [0.25, 0.3) is 5.91 Å². The summed E-state index contributed by atoms with van der Waals surface area (Å²) in [6.45, 7) is 0. The second-order valence-electron chi connectivity index (χ2n) is 3.81. The summed E-state index contributed by atoms with van der Waals surface area (Å²) in [5.74, 6) is -0.815. The number of hydrogen-bond acceptors (Lipinski definition) is 2. The highest BCUT2D eigenvalue weighted by Gasteiger charge is 2.12. The second-order valence-corrected chi connectivity index (χ2v) is 5.10. The van der Waals surface area contributed by atoms with Crippen LogP contribution >= 0.6 is 27.5 Å². The molecule has 0 aliphatic heterocycles. The summed E-state index contributed by atoms with van der Waals surface area (Å²) in [4.78, 5) is 12.0. The number of carbonyl (C=O) groups excluding carboxylic acids is 1. The summed E-state index contributed by atoms with van der Waals surface area (Å²) < 4.78 is 13.5. The van der Waals surface area contributed by atoms with Crippen LogP contribution in [-0.2, 0) is 0 Å². The lowest BCUT2D eigenvalue weighted by molar-refractivity contribution is 0.102. The number of carbonyl (C=O) groups is 1. The Kier molecular flexibility index (Phi) is 4.07. The maximum Gasteiger partial charge on any atom is 0.256 e. The standard InChI is InChI=1S/C13H9BrClFN2O/c14-10-5-7(15)1-3-9(10)13(19)18-12-4-2-8(16)6-11(12)17/h1-6H,17H2,(H,18,19). The summed E-state index contributed by atoms with van der Waals surface area (Å²) in [5.41, 5.74) is 6.55. The minimum absolute atomic E-state index is 0.165. The molecule has 0 spiro atoms. The lowest BCUT2D eigenvalue weighted by Crippen LogP contribution is -2.13. The van der Waals surface area contributed by atoms with Gasteiger partial charge in [-0.25, -0.2) is 4.39 Å². The Bertz CT molecular complexity index is 649. The third kappa shape index (κ3) is 3.24. The van der Waals surface area contributed by atoms with Crippen molar-refractivity contribution in [2.45, 2.75) is 0 Å². The van der Waals surface area contributed by atoms with Gasteiger partial charge in [-0.05, 0) is 52.3 Å². The molecule has 3 nitrogen and oxygen atoms in total. The van der Waals surface area contributed by atoms with Crippen molar-refractivity contribution in [1.29, 1.82) is 0 Å². The molecule has 0 atom stereocenters. The van der Waals surface area contributed by atoms with Crippen LogP contribution in [0.3, 0.4) is 0 Å². The zero-order valence-electron chi connectivity index (χ0n) is 9.58. The van der Waals surface area contributed by atoms with E-state index in [9.17, 15) is 9.18 Å². The minimum Gasteiger partial charge on any atom is -0.397 e. The molecule has 0 radical (unpaired) electrons. The third-order valence-electron chi connectivity index (χ3n) is 2.44. The summed E-state index contributed by atoms with van der Waals surface area (Å²) in [5, 5.41) is 3.13. The van der Waals surface area contributed by atoms with Gasteiger partial charge in [-0.2, -0.15) is 0 Å². The van der Waals surface area contributed by atoms with E-state index < -0.39 is 5.82 Å². The Morgan fingerprint density at radius 3 is 2.63 bits per heavy atom.